The molecule has 8 aromatic carbocycles. The van der Waals surface area contributed by atoms with E-state index in [9.17, 15) is 0 Å². The second-order valence-corrected chi connectivity index (χ2v) is 15.8. The molecule has 0 aliphatic heterocycles. The summed E-state index contributed by atoms with van der Waals surface area (Å²) in [5.74, 6) is 0. The fourth-order valence-electron chi connectivity index (χ4n) is 9.16. The first-order valence-corrected chi connectivity index (χ1v) is 21.3. The Kier molecular flexibility index (Phi) is 9.62. The lowest BCUT2D eigenvalue weighted by Gasteiger charge is -2.29. The molecular formula is C60H41NO. The van der Waals surface area contributed by atoms with Gasteiger partial charge in [0.2, 0.25) is 0 Å². The van der Waals surface area contributed by atoms with Crippen LogP contribution in [-0.4, -0.2) is 0 Å². The van der Waals surface area contributed by atoms with E-state index in [-0.39, 0.29) is 0 Å². The van der Waals surface area contributed by atoms with E-state index in [1.807, 2.05) is 12.1 Å². The second kappa shape index (κ2) is 16.1. The van der Waals surface area contributed by atoms with Crippen molar-refractivity contribution in [3.8, 4) is 33.4 Å². The molecule has 2 heteroatoms. The molecule has 0 radical (unpaired) electrons. The zero-order valence-electron chi connectivity index (χ0n) is 34.1. The third-order valence-corrected chi connectivity index (χ3v) is 12.1. The van der Waals surface area contributed by atoms with Gasteiger partial charge in [0.1, 0.15) is 11.2 Å². The zero-order valence-corrected chi connectivity index (χ0v) is 34.1. The number of para-hydroxylation sites is 2. The van der Waals surface area contributed by atoms with Gasteiger partial charge >= 0.3 is 0 Å². The first-order chi connectivity index (χ1) is 30.8. The molecular weight excluding hydrogens is 751 g/mol. The van der Waals surface area contributed by atoms with Crippen molar-refractivity contribution in [1.29, 1.82) is 0 Å². The van der Waals surface area contributed by atoms with Crippen molar-refractivity contribution in [3.05, 3.63) is 258 Å². The number of allylic oxidation sites excluding steroid dienone is 7. The molecule has 292 valence electrons. The van der Waals surface area contributed by atoms with Gasteiger partial charge in [-0.1, -0.05) is 188 Å². The minimum absolute atomic E-state index is 0.862. The lowest BCUT2D eigenvalue weighted by Crippen LogP contribution is -2.17. The molecule has 0 saturated carbocycles. The number of furan rings is 1. The Morgan fingerprint density at radius 3 is 1.77 bits per heavy atom. The number of nitrogens with zero attached hydrogens (tertiary/aromatic N) is 1. The Morgan fingerprint density at radius 2 is 1.02 bits per heavy atom. The maximum absolute atomic E-state index is 6.34. The Bertz CT molecular complexity index is 3350. The normalized spacial score (nSPS) is 13.4. The average molecular weight is 792 g/mol. The highest BCUT2D eigenvalue weighted by atomic mass is 16.3. The predicted molar refractivity (Wildman–Crippen MR) is 260 cm³/mol. The van der Waals surface area contributed by atoms with Gasteiger partial charge in [0, 0.05) is 22.0 Å². The van der Waals surface area contributed by atoms with Crippen molar-refractivity contribution in [2.45, 2.75) is 12.8 Å². The van der Waals surface area contributed by atoms with Gasteiger partial charge in [-0.05, 0) is 122 Å². The van der Waals surface area contributed by atoms with E-state index in [1.165, 1.54) is 55.7 Å². The second-order valence-electron chi connectivity index (χ2n) is 15.8. The zero-order chi connectivity index (χ0) is 41.2. The lowest BCUT2D eigenvalue weighted by molar-refractivity contribution is 0.669. The van der Waals surface area contributed by atoms with Crippen LogP contribution >= 0.6 is 0 Å². The monoisotopic (exact) mass is 791 g/mol. The quantitative estimate of drug-likeness (QED) is 0.135. The van der Waals surface area contributed by atoms with Crippen LogP contribution in [0.4, 0.5) is 11.4 Å². The lowest BCUT2D eigenvalue weighted by atomic mass is 9.84. The van der Waals surface area contributed by atoms with Crippen LogP contribution in [0.5, 0.6) is 0 Å². The summed E-state index contributed by atoms with van der Waals surface area (Å²) >= 11 is 0. The number of fused-ring (bicyclic) bond motifs is 3. The van der Waals surface area contributed by atoms with Gasteiger partial charge in [-0.3, -0.25) is 0 Å². The summed E-state index contributed by atoms with van der Waals surface area (Å²) in [5, 5.41) is 2.17. The van der Waals surface area contributed by atoms with Crippen LogP contribution in [0, 0.1) is 0 Å². The van der Waals surface area contributed by atoms with E-state index < -0.39 is 0 Å². The summed E-state index contributed by atoms with van der Waals surface area (Å²) in [4.78, 5) is 2.35. The summed E-state index contributed by atoms with van der Waals surface area (Å²) < 4.78 is 6.34. The Hall–Kier alpha value is -8.12. The molecule has 1 heterocycles. The van der Waals surface area contributed by atoms with Crippen molar-refractivity contribution in [1.82, 2.24) is 0 Å². The number of hydrogen-bond donors (Lipinski definition) is 0. The van der Waals surface area contributed by atoms with Gasteiger partial charge < -0.3 is 9.32 Å². The SMILES string of the molecule is C1=C=C(N(c2ccc3oc4ccccc4c3c2)c2ccccc2C2=CC=C(c3ccccc3)CC2)C=C(c2cccc(-c3ccccc3)c2-c2ccccc2-c2ccccc2)C=1. The molecule has 1 aromatic heterocycles. The van der Waals surface area contributed by atoms with E-state index in [4.69, 9.17) is 4.42 Å². The van der Waals surface area contributed by atoms with Crippen LogP contribution in [0.2, 0.25) is 0 Å². The summed E-state index contributed by atoms with van der Waals surface area (Å²) in [7, 11) is 0. The van der Waals surface area contributed by atoms with Crippen LogP contribution in [0.1, 0.15) is 29.5 Å². The molecule has 0 unspecified atom stereocenters. The highest BCUT2D eigenvalue weighted by Gasteiger charge is 2.24. The average Bonchev–Trinajstić information content (AvgIpc) is 3.73. The third kappa shape index (κ3) is 6.86. The Balaban J connectivity index is 1.10. The molecule has 9 aromatic rings. The van der Waals surface area contributed by atoms with Crippen molar-refractivity contribution < 1.29 is 4.42 Å². The molecule has 2 aliphatic rings. The van der Waals surface area contributed by atoms with Crippen molar-refractivity contribution >= 4 is 50.0 Å². The topological polar surface area (TPSA) is 16.4 Å². The summed E-state index contributed by atoms with van der Waals surface area (Å²) in [6.07, 6.45) is 10.9. The van der Waals surface area contributed by atoms with Crippen LogP contribution in [0.25, 0.3) is 72.0 Å². The van der Waals surface area contributed by atoms with Crippen LogP contribution in [0.3, 0.4) is 0 Å². The van der Waals surface area contributed by atoms with Gasteiger partial charge in [-0.2, -0.15) is 0 Å². The minimum atomic E-state index is 0.862. The van der Waals surface area contributed by atoms with Gasteiger partial charge in [0.05, 0.1) is 11.4 Å². The Morgan fingerprint density at radius 1 is 0.435 bits per heavy atom. The number of benzene rings is 8. The van der Waals surface area contributed by atoms with E-state index in [0.29, 0.717) is 0 Å². The van der Waals surface area contributed by atoms with Gasteiger partial charge in [-0.25, -0.2) is 0 Å². The molecule has 0 amide bonds. The standard InChI is InChI=1S/C60H41NO/c1-4-18-42(19-5-1)43-34-36-46(37-35-43)51-27-12-14-32-57(51)61(49-38-39-59-56(41-49)54-28-13-15-33-58(54)62-59)48-25-16-24-47(40-48)53-31-17-30-52(45-22-8-3-9-23-45)60(53)55-29-11-10-26-50(55)44-20-6-2-7-21-44/h1-15,17-24,26-34,36,38-41H,35,37H2. The maximum Gasteiger partial charge on any atom is 0.135 e. The molecule has 2 aliphatic carbocycles. The molecule has 0 fully saturated rings. The highest BCUT2D eigenvalue weighted by Crippen LogP contribution is 2.46. The van der Waals surface area contributed by atoms with Crippen molar-refractivity contribution in [2.24, 2.45) is 0 Å². The van der Waals surface area contributed by atoms with Crippen LogP contribution in [0.15, 0.2) is 246 Å². The summed E-state index contributed by atoms with van der Waals surface area (Å²) in [6, 6.07) is 71.2. The number of rotatable bonds is 9. The van der Waals surface area contributed by atoms with Crippen LogP contribution in [-0.2, 0) is 0 Å². The summed E-state index contributed by atoms with van der Waals surface area (Å²) in [6.45, 7) is 0. The van der Waals surface area contributed by atoms with Crippen molar-refractivity contribution in [3.63, 3.8) is 0 Å². The number of hydrogen-bond acceptors (Lipinski definition) is 2. The first kappa shape index (κ1) is 36.9. The predicted octanol–water partition coefficient (Wildman–Crippen LogP) is 16.3. The van der Waals surface area contributed by atoms with Gasteiger partial charge in [-0.15, -0.1) is 0 Å². The first-order valence-electron chi connectivity index (χ1n) is 21.3. The molecule has 0 bridgehead atoms. The number of anilines is 2. The van der Waals surface area contributed by atoms with E-state index in [1.54, 1.807) is 0 Å². The third-order valence-electron chi connectivity index (χ3n) is 12.1. The largest absolute Gasteiger partial charge is 0.456 e. The minimum Gasteiger partial charge on any atom is -0.456 e. The van der Waals surface area contributed by atoms with E-state index >= 15 is 0 Å². The molecule has 0 atom stereocenters. The molecule has 62 heavy (non-hydrogen) atoms. The van der Waals surface area contributed by atoms with Gasteiger partial charge in [0.25, 0.3) is 0 Å². The smallest absolute Gasteiger partial charge is 0.135 e. The summed E-state index contributed by atoms with van der Waals surface area (Å²) in [5.41, 5.74) is 26.2. The Labute approximate surface area is 362 Å². The van der Waals surface area contributed by atoms with Gasteiger partial charge in [0.15, 0.2) is 0 Å². The molecule has 0 N–H and O–H groups in total. The fourth-order valence-corrected chi connectivity index (χ4v) is 9.16. The maximum atomic E-state index is 6.34. The van der Waals surface area contributed by atoms with E-state index in [2.05, 4.69) is 229 Å². The molecule has 0 saturated heterocycles. The van der Waals surface area contributed by atoms with Crippen molar-refractivity contribution in [2.75, 3.05) is 4.90 Å². The molecule has 11 rings (SSSR count). The highest BCUT2D eigenvalue weighted by molar-refractivity contribution is 6.07. The fraction of sp³-hybridized carbons (Fsp3) is 0.0333. The van der Waals surface area contributed by atoms with E-state index in [0.717, 1.165) is 63.0 Å². The van der Waals surface area contributed by atoms with Crippen LogP contribution < -0.4 is 4.90 Å². The molecule has 0 spiro atoms. The molecule has 2 nitrogen and oxygen atoms in total.